The van der Waals surface area contributed by atoms with E-state index in [0.29, 0.717) is 21.2 Å². The quantitative estimate of drug-likeness (QED) is 0.791. The Morgan fingerprint density at radius 3 is 2.50 bits per heavy atom. The van der Waals surface area contributed by atoms with E-state index in [9.17, 15) is 19.5 Å². The molecule has 2 aromatic carbocycles. The molecule has 132 valence electrons. The van der Waals surface area contributed by atoms with E-state index in [-0.39, 0.29) is 12.2 Å². The number of rotatable bonds is 5. The van der Waals surface area contributed by atoms with Crippen LogP contribution in [-0.2, 0) is 11.4 Å². The highest BCUT2D eigenvalue weighted by Gasteiger charge is 2.24. The van der Waals surface area contributed by atoms with Gasteiger partial charge in [-0.05, 0) is 46.7 Å². The van der Waals surface area contributed by atoms with E-state index in [0.717, 1.165) is 17.3 Å². The number of ether oxygens (including phenoxy) is 1. The molecule has 1 fully saturated rings. The van der Waals surface area contributed by atoms with Crippen LogP contribution < -0.4 is 15.2 Å². The molecule has 2 amide bonds. The van der Waals surface area contributed by atoms with E-state index in [1.165, 1.54) is 12.1 Å². The van der Waals surface area contributed by atoms with Crippen LogP contribution in [0.1, 0.15) is 21.5 Å². The van der Waals surface area contributed by atoms with Gasteiger partial charge >= 0.3 is 0 Å². The Balaban J connectivity index is 1.68. The van der Waals surface area contributed by atoms with Crippen LogP contribution in [-0.4, -0.2) is 17.1 Å². The number of amides is 2. The minimum absolute atomic E-state index is 0.0940. The summed E-state index contributed by atoms with van der Waals surface area (Å²) in [5.74, 6) is -1.23. The second kappa shape index (κ2) is 7.63. The van der Waals surface area contributed by atoms with Gasteiger partial charge in [-0.3, -0.25) is 14.9 Å². The molecule has 0 unspecified atom stereocenters. The molecule has 1 saturated heterocycles. The molecule has 1 aliphatic rings. The number of aromatic carboxylic acids is 1. The first-order valence-corrected chi connectivity index (χ1v) is 8.59. The largest absolute Gasteiger partial charge is 0.545 e. The Hall–Kier alpha value is -2.77. The zero-order chi connectivity index (χ0) is 18.7. The third-order valence-electron chi connectivity index (χ3n) is 3.48. The van der Waals surface area contributed by atoms with Crippen molar-refractivity contribution >= 4 is 46.6 Å². The molecule has 8 heteroatoms. The van der Waals surface area contributed by atoms with Crippen LogP contribution in [0.4, 0.5) is 4.79 Å². The lowest BCUT2D eigenvalue weighted by molar-refractivity contribution is -0.255. The Morgan fingerprint density at radius 2 is 1.92 bits per heavy atom. The van der Waals surface area contributed by atoms with E-state index in [4.69, 9.17) is 16.3 Å². The Kier molecular flexibility index (Phi) is 5.29. The Morgan fingerprint density at radius 1 is 1.19 bits per heavy atom. The number of benzene rings is 2. The molecule has 6 nitrogen and oxygen atoms in total. The summed E-state index contributed by atoms with van der Waals surface area (Å²) in [4.78, 5) is 33.7. The summed E-state index contributed by atoms with van der Waals surface area (Å²) >= 11 is 7.03. The number of thioether (sulfide) groups is 1. The van der Waals surface area contributed by atoms with Gasteiger partial charge in [0, 0.05) is 0 Å². The molecule has 0 aromatic heterocycles. The lowest BCUT2D eigenvalue weighted by Crippen LogP contribution is -2.22. The standard InChI is InChI=1S/C18H12ClNO5S/c19-13-7-11(8-15-16(21)20-18(24)26-15)3-6-14(13)25-9-10-1-4-12(5-2-10)17(22)23/h1-8H,9H2,(H,22,23)(H,20,21,24)/p-1/b15-8+. The smallest absolute Gasteiger partial charge is 0.290 e. The number of hydrogen-bond acceptors (Lipinski definition) is 6. The molecule has 26 heavy (non-hydrogen) atoms. The van der Waals surface area contributed by atoms with Gasteiger partial charge in [0.1, 0.15) is 12.4 Å². The van der Waals surface area contributed by atoms with Gasteiger partial charge in [-0.2, -0.15) is 0 Å². The molecule has 0 spiro atoms. The maximum absolute atomic E-state index is 11.5. The molecule has 0 atom stereocenters. The summed E-state index contributed by atoms with van der Waals surface area (Å²) in [6.45, 7) is 0.209. The molecule has 0 saturated carbocycles. The summed E-state index contributed by atoms with van der Waals surface area (Å²) in [6.07, 6.45) is 1.57. The van der Waals surface area contributed by atoms with Gasteiger partial charge in [-0.25, -0.2) is 0 Å². The van der Waals surface area contributed by atoms with Crippen LogP contribution in [0, 0.1) is 0 Å². The van der Waals surface area contributed by atoms with E-state index in [1.54, 1.807) is 36.4 Å². The van der Waals surface area contributed by atoms with Crippen molar-refractivity contribution < 1.29 is 24.2 Å². The van der Waals surface area contributed by atoms with E-state index >= 15 is 0 Å². The Bertz CT molecular complexity index is 924. The summed E-state index contributed by atoms with van der Waals surface area (Å²) in [7, 11) is 0. The molecular weight excluding hydrogens is 378 g/mol. The first-order chi connectivity index (χ1) is 12.4. The van der Waals surface area contributed by atoms with E-state index in [2.05, 4.69) is 5.32 Å². The molecule has 1 aliphatic heterocycles. The molecule has 2 aromatic rings. The van der Waals surface area contributed by atoms with E-state index in [1.807, 2.05) is 0 Å². The molecule has 0 radical (unpaired) electrons. The summed E-state index contributed by atoms with van der Waals surface area (Å²) in [5, 5.41) is 12.8. The number of imide groups is 1. The predicted octanol–water partition coefficient (Wildman–Crippen LogP) is 2.61. The molecule has 0 bridgehead atoms. The lowest BCUT2D eigenvalue weighted by Gasteiger charge is -2.10. The third kappa shape index (κ3) is 4.25. The number of carboxylic acid groups (broad SMARTS) is 1. The summed E-state index contributed by atoms with van der Waals surface area (Å²) < 4.78 is 5.63. The summed E-state index contributed by atoms with van der Waals surface area (Å²) in [6, 6.07) is 11.1. The van der Waals surface area contributed by atoms with Gasteiger partial charge in [-0.1, -0.05) is 41.9 Å². The van der Waals surface area contributed by atoms with Gasteiger partial charge in [-0.15, -0.1) is 0 Å². The second-order valence-electron chi connectivity index (χ2n) is 5.32. The van der Waals surface area contributed by atoms with Crippen LogP contribution in [0.15, 0.2) is 47.4 Å². The topological polar surface area (TPSA) is 95.5 Å². The van der Waals surface area contributed by atoms with Crippen molar-refractivity contribution in [1.29, 1.82) is 0 Å². The molecule has 3 rings (SSSR count). The molecule has 1 heterocycles. The first kappa shape index (κ1) is 18.0. The van der Waals surface area contributed by atoms with Crippen molar-refractivity contribution in [2.75, 3.05) is 0 Å². The van der Waals surface area contributed by atoms with Crippen molar-refractivity contribution in [3.05, 3.63) is 69.1 Å². The highest BCUT2D eigenvalue weighted by atomic mass is 35.5. The average molecular weight is 389 g/mol. The molecular formula is C18H11ClNO5S-. The van der Waals surface area contributed by atoms with Gasteiger partial charge in [0.05, 0.1) is 15.9 Å². The highest BCUT2D eigenvalue weighted by Crippen LogP contribution is 2.30. The number of carboxylic acids is 1. The number of nitrogens with one attached hydrogen (secondary N) is 1. The summed E-state index contributed by atoms with van der Waals surface area (Å²) in [5.41, 5.74) is 1.53. The van der Waals surface area contributed by atoms with Crippen molar-refractivity contribution in [3.63, 3.8) is 0 Å². The Labute approximate surface area is 157 Å². The van der Waals surface area contributed by atoms with Gasteiger partial charge in [0.15, 0.2) is 0 Å². The van der Waals surface area contributed by atoms with Crippen LogP contribution in [0.25, 0.3) is 6.08 Å². The average Bonchev–Trinajstić information content (AvgIpc) is 2.91. The SMILES string of the molecule is O=C1NC(=O)/C(=C\c2ccc(OCc3ccc(C(=O)[O-])cc3)c(Cl)c2)S1. The fraction of sp³-hybridized carbons (Fsp3) is 0.0556. The van der Waals surface area contributed by atoms with E-state index < -0.39 is 17.1 Å². The normalized spacial score (nSPS) is 15.2. The zero-order valence-corrected chi connectivity index (χ0v) is 14.7. The maximum Gasteiger partial charge on any atom is 0.290 e. The maximum atomic E-state index is 11.5. The van der Waals surface area contributed by atoms with Gasteiger partial charge < -0.3 is 14.6 Å². The monoisotopic (exact) mass is 388 g/mol. The predicted molar refractivity (Wildman–Crippen MR) is 95.7 cm³/mol. The number of carbonyl (C=O) groups excluding carboxylic acids is 3. The lowest BCUT2D eigenvalue weighted by atomic mass is 10.1. The van der Waals surface area contributed by atoms with Crippen LogP contribution in [0.5, 0.6) is 5.75 Å². The fourth-order valence-corrected chi connectivity index (χ4v) is 3.12. The molecule has 1 N–H and O–H groups in total. The first-order valence-electron chi connectivity index (χ1n) is 7.40. The number of carbonyl (C=O) groups is 3. The fourth-order valence-electron chi connectivity index (χ4n) is 2.19. The van der Waals surface area contributed by atoms with Crippen LogP contribution in [0.2, 0.25) is 5.02 Å². The number of hydrogen-bond donors (Lipinski definition) is 1. The van der Waals surface area contributed by atoms with Crippen molar-refractivity contribution in [3.8, 4) is 5.75 Å². The van der Waals surface area contributed by atoms with Crippen molar-refractivity contribution in [2.24, 2.45) is 0 Å². The van der Waals surface area contributed by atoms with Crippen molar-refractivity contribution in [2.45, 2.75) is 6.61 Å². The molecule has 0 aliphatic carbocycles. The minimum Gasteiger partial charge on any atom is -0.545 e. The zero-order valence-electron chi connectivity index (χ0n) is 13.2. The third-order valence-corrected chi connectivity index (χ3v) is 4.59. The van der Waals surface area contributed by atoms with Crippen LogP contribution >= 0.6 is 23.4 Å². The van der Waals surface area contributed by atoms with Crippen molar-refractivity contribution in [1.82, 2.24) is 5.32 Å². The highest BCUT2D eigenvalue weighted by molar-refractivity contribution is 8.18. The van der Waals surface area contributed by atoms with Gasteiger partial charge in [0.25, 0.3) is 11.1 Å². The van der Waals surface area contributed by atoms with Crippen LogP contribution in [0.3, 0.4) is 0 Å². The van der Waals surface area contributed by atoms with Gasteiger partial charge in [0.2, 0.25) is 0 Å². The number of halogens is 1. The minimum atomic E-state index is -1.24. The second-order valence-corrected chi connectivity index (χ2v) is 6.74.